The number of hydrogen-bond acceptors (Lipinski definition) is 3. The number of ether oxygens (including phenoxy) is 1. The largest absolute Gasteiger partial charge is 0.379 e. The van der Waals surface area contributed by atoms with Gasteiger partial charge in [-0.15, -0.1) is 0 Å². The van der Waals surface area contributed by atoms with Crippen LogP contribution in [-0.4, -0.2) is 50.7 Å². The Labute approximate surface area is 101 Å². The molecule has 1 heterocycles. The van der Waals surface area contributed by atoms with Crippen LogP contribution in [0.2, 0.25) is 0 Å². The standard InChI is InChI=1S/C7H15NO.C5H11NO.H2/c1-4-8-7(9)5-6(2)3;1-6-2-4-7-5-3-6;/h6H,4-5H2,1-3H3,(H,8,9);2-5H2,1H3;1H. The zero-order valence-corrected chi connectivity index (χ0v) is 11.1. The van der Waals surface area contributed by atoms with Gasteiger partial charge in [-0.3, -0.25) is 4.79 Å². The Balaban J connectivity index is 0. The van der Waals surface area contributed by atoms with Crippen LogP contribution in [0, 0.1) is 5.92 Å². The quantitative estimate of drug-likeness (QED) is 0.799. The van der Waals surface area contributed by atoms with Gasteiger partial charge in [-0.1, -0.05) is 13.8 Å². The van der Waals surface area contributed by atoms with Crippen molar-refractivity contribution < 1.29 is 11.0 Å². The molecule has 0 aromatic rings. The molecule has 1 fully saturated rings. The molecule has 1 rings (SSSR count). The van der Waals surface area contributed by atoms with Crippen LogP contribution >= 0.6 is 0 Å². The van der Waals surface area contributed by atoms with E-state index in [1.54, 1.807) is 0 Å². The molecule has 0 atom stereocenters. The second-order valence-corrected chi connectivity index (χ2v) is 4.47. The number of nitrogens with one attached hydrogen (secondary N) is 1. The van der Waals surface area contributed by atoms with Crippen LogP contribution in [0.4, 0.5) is 0 Å². The van der Waals surface area contributed by atoms with Crippen molar-refractivity contribution in [2.45, 2.75) is 27.2 Å². The zero-order chi connectivity index (χ0) is 12.4. The van der Waals surface area contributed by atoms with Gasteiger partial charge in [0.2, 0.25) is 5.91 Å². The first-order chi connectivity index (χ1) is 7.56. The highest BCUT2D eigenvalue weighted by molar-refractivity contribution is 5.75. The highest BCUT2D eigenvalue weighted by atomic mass is 16.5. The van der Waals surface area contributed by atoms with Gasteiger partial charge in [0.25, 0.3) is 0 Å². The summed E-state index contributed by atoms with van der Waals surface area (Å²) in [5, 5.41) is 2.74. The average molecular weight is 232 g/mol. The van der Waals surface area contributed by atoms with Crippen LogP contribution in [0.25, 0.3) is 0 Å². The lowest BCUT2D eigenvalue weighted by atomic mass is 10.1. The lowest BCUT2D eigenvalue weighted by Gasteiger charge is -2.21. The monoisotopic (exact) mass is 232 g/mol. The second kappa shape index (κ2) is 9.60. The molecule has 1 N–H and O–H groups in total. The van der Waals surface area contributed by atoms with E-state index in [1.165, 1.54) is 0 Å². The predicted octanol–water partition coefficient (Wildman–Crippen LogP) is 1.36. The molecule has 1 aliphatic heterocycles. The summed E-state index contributed by atoms with van der Waals surface area (Å²) in [7, 11) is 2.11. The van der Waals surface area contributed by atoms with Crippen LogP contribution in [0.5, 0.6) is 0 Å². The van der Waals surface area contributed by atoms with Crippen LogP contribution < -0.4 is 5.32 Å². The summed E-state index contributed by atoms with van der Waals surface area (Å²) in [6.07, 6.45) is 0.647. The van der Waals surface area contributed by atoms with E-state index in [-0.39, 0.29) is 7.33 Å². The molecule has 4 heteroatoms. The summed E-state index contributed by atoms with van der Waals surface area (Å²) in [4.78, 5) is 13.0. The van der Waals surface area contributed by atoms with Crippen molar-refractivity contribution in [2.24, 2.45) is 5.92 Å². The van der Waals surface area contributed by atoms with Gasteiger partial charge >= 0.3 is 0 Å². The molecule has 1 aliphatic rings. The first kappa shape index (κ1) is 15.4. The summed E-state index contributed by atoms with van der Waals surface area (Å²) < 4.78 is 5.10. The van der Waals surface area contributed by atoms with Crippen LogP contribution in [0.3, 0.4) is 0 Å². The molecule has 0 aromatic heterocycles. The number of carbonyl (C=O) groups is 1. The number of nitrogens with zero attached hydrogens (tertiary/aromatic N) is 1. The molecule has 1 saturated heterocycles. The van der Waals surface area contributed by atoms with E-state index in [0.29, 0.717) is 12.3 Å². The molecule has 0 bridgehead atoms. The normalized spacial score (nSPS) is 16.6. The number of hydrogen-bond donors (Lipinski definition) is 1. The summed E-state index contributed by atoms with van der Waals surface area (Å²) in [6.45, 7) is 10.8. The maximum Gasteiger partial charge on any atom is 0.220 e. The number of morpholine rings is 1. The summed E-state index contributed by atoms with van der Waals surface area (Å²) in [5.74, 6) is 0.629. The minimum absolute atomic E-state index is 0. The van der Waals surface area contributed by atoms with Crippen molar-refractivity contribution in [3.05, 3.63) is 0 Å². The lowest BCUT2D eigenvalue weighted by Crippen LogP contribution is -2.32. The third kappa shape index (κ3) is 9.93. The van der Waals surface area contributed by atoms with Crippen LogP contribution in [-0.2, 0) is 9.53 Å². The predicted molar refractivity (Wildman–Crippen MR) is 68.6 cm³/mol. The summed E-state index contributed by atoms with van der Waals surface area (Å²) >= 11 is 0. The van der Waals surface area contributed by atoms with Gasteiger partial charge in [0.05, 0.1) is 13.2 Å². The molecule has 4 nitrogen and oxygen atoms in total. The molecule has 0 aliphatic carbocycles. The third-order valence-electron chi connectivity index (χ3n) is 2.20. The molecule has 0 radical (unpaired) electrons. The second-order valence-electron chi connectivity index (χ2n) is 4.47. The number of rotatable bonds is 3. The lowest BCUT2D eigenvalue weighted by molar-refractivity contribution is -0.121. The van der Waals surface area contributed by atoms with E-state index in [1.807, 2.05) is 20.8 Å². The van der Waals surface area contributed by atoms with E-state index in [9.17, 15) is 4.79 Å². The Morgan fingerprint density at radius 3 is 2.31 bits per heavy atom. The number of amides is 1. The molecular weight excluding hydrogens is 204 g/mol. The maximum atomic E-state index is 10.7. The maximum absolute atomic E-state index is 10.7. The minimum atomic E-state index is 0. The van der Waals surface area contributed by atoms with Crippen molar-refractivity contribution in [3.8, 4) is 0 Å². The first-order valence-corrected chi connectivity index (χ1v) is 6.09. The summed E-state index contributed by atoms with van der Waals surface area (Å²) in [6, 6.07) is 0. The Morgan fingerprint density at radius 2 is 2.00 bits per heavy atom. The van der Waals surface area contributed by atoms with E-state index >= 15 is 0 Å². The topological polar surface area (TPSA) is 41.6 Å². The van der Waals surface area contributed by atoms with E-state index in [4.69, 9.17) is 4.74 Å². The molecule has 0 unspecified atom stereocenters. The number of carbonyl (C=O) groups excluding carboxylic acids is 1. The van der Waals surface area contributed by atoms with Gasteiger partial charge in [-0.05, 0) is 19.9 Å². The molecule has 98 valence electrons. The van der Waals surface area contributed by atoms with Crippen LogP contribution in [0.15, 0.2) is 0 Å². The fourth-order valence-electron chi connectivity index (χ4n) is 1.29. The first-order valence-electron chi connectivity index (χ1n) is 6.09. The minimum Gasteiger partial charge on any atom is -0.379 e. The highest BCUT2D eigenvalue weighted by Crippen LogP contribution is 1.97. The van der Waals surface area contributed by atoms with Crippen molar-refractivity contribution in [1.82, 2.24) is 10.2 Å². The molecule has 1 amide bonds. The SMILES string of the molecule is CCNC(=O)CC(C)C.CN1CCOCC1.[HH]. The molecule has 0 aromatic carbocycles. The smallest absolute Gasteiger partial charge is 0.220 e. The Kier molecular flexibility index (Phi) is 9.24. The van der Waals surface area contributed by atoms with Crippen molar-refractivity contribution in [2.75, 3.05) is 39.9 Å². The Morgan fingerprint density at radius 1 is 1.44 bits per heavy atom. The van der Waals surface area contributed by atoms with Crippen molar-refractivity contribution in [1.29, 1.82) is 0 Å². The number of likely N-dealkylation sites (N-methyl/N-ethyl adjacent to an activating group) is 1. The third-order valence-corrected chi connectivity index (χ3v) is 2.20. The van der Waals surface area contributed by atoms with E-state index < -0.39 is 0 Å². The Bertz CT molecular complexity index is 183. The van der Waals surface area contributed by atoms with Crippen molar-refractivity contribution in [3.63, 3.8) is 0 Å². The van der Waals surface area contributed by atoms with E-state index in [0.717, 1.165) is 32.8 Å². The summed E-state index contributed by atoms with van der Waals surface area (Å²) in [5.41, 5.74) is 0. The highest BCUT2D eigenvalue weighted by Gasteiger charge is 2.02. The van der Waals surface area contributed by atoms with Crippen molar-refractivity contribution >= 4 is 5.91 Å². The van der Waals surface area contributed by atoms with Gasteiger partial charge in [-0.25, -0.2) is 0 Å². The van der Waals surface area contributed by atoms with Gasteiger partial charge in [-0.2, -0.15) is 0 Å². The van der Waals surface area contributed by atoms with Gasteiger partial charge in [0.15, 0.2) is 0 Å². The average Bonchev–Trinajstić information content (AvgIpc) is 2.18. The fourth-order valence-corrected chi connectivity index (χ4v) is 1.29. The molecule has 0 spiro atoms. The van der Waals surface area contributed by atoms with Gasteiger partial charge in [0, 0.05) is 27.5 Å². The Hall–Kier alpha value is -0.610. The molecule has 16 heavy (non-hydrogen) atoms. The van der Waals surface area contributed by atoms with Gasteiger partial charge < -0.3 is 15.0 Å². The molecular formula is C12H28N2O2. The van der Waals surface area contributed by atoms with Gasteiger partial charge in [0.1, 0.15) is 0 Å². The molecule has 0 saturated carbocycles. The fraction of sp³-hybridized carbons (Fsp3) is 0.917. The zero-order valence-electron chi connectivity index (χ0n) is 11.1. The van der Waals surface area contributed by atoms with E-state index in [2.05, 4.69) is 17.3 Å². The van der Waals surface area contributed by atoms with Crippen LogP contribution in [0.1, 0.15) is 28.6 Å².